The van der Waals surface area contributed by atoms with Crippen molar-refractivity contribution in [2.24, 2.45) is 5.92 Å². The van der Waals surface area contributed by atoms with Crippen molar-refractivity contribution in [3.8, 4) is 0 Å². The highest BCUT2D eigenvalue weighted by Crippen LogP contribution is 2.25. The summed E-state index contributed by atoms with van der Waals surface area (Å²) < 4.78 is 0. The number of urea groups is 1. The second-order valence-electron chi connectivity index (χ2n) is 5.21. The average molecular weight is 296 g/mol. The molecule has 1 aliphatic rings. The third-order valence-electron chi connectivity index (χ3n) is 3.88. The highest BCUT2D eigenvalue weighted by atomic mass is 32.1. The Labute approximate surface area is 122 Å². The van der Waals surface area contributed by atoms with Gasteiger partial charge in [0, 0.05) is 25.0 Å². The van der Waals surface area contributed by atoms with Crippen molar-refractivity contribution < 1.29 is 14.7 Å². The number of carboxylic acids is 1. The lowest BCUT2D eigenvalue weighted by atomic mass is 9.98. The molecule has 5 nitrogen and oxygen atoms in total. The highest BCUT2D eigenvalue weighted by Gasteiger charge is 2.31. The van der Waals surface area contributed by atoms with Crippen LogP contribution in [0.4, 0.5) is 4.79 Å². The fourth-order valence-corrected chi connectivity index (χ4v) is 3.29. The summed E-state index contributed by atoms with van der Waals surface area (Å²) in [4.78, 5) is 28.0. The van der Waals surface area contributed by atoms with Gasteiger partial charge in [-0.25, -0.2) is 4.79 Å². The summed E-state index contributed by atoms with van der Waals surface area (Å²) in [6, 6.07) is 3.90. The van der Waals surface area contributed by atoms with E-state index in [1.807, 2.05) is 24.4 Å². The number of thiophene rings is 1. The Morgan fingerprint density at radius 1 is 1.55 bits per heavy atom. The average Bonchev–Trinajstić information content (AvgIpc) is 2.99. The molecule has 1 N–H and O–H groups in total. The highest BCUT2D eigenvalue weighted by molar-refractivity contribution is 7.10. The number of nitrogens with zero attached hydrogens (tertiary/aromatic N) is 2. The molecule has 1 aliphatic heterocycles. The van der Waals surface area contributed by atoms with Crippen LogP contribution in [-0.4, -0.2) is 47.0 Å². The predicted octanol–water partition coefficient (Wildman–Crippen LogP) is 2.66. The molecule has 1 aromatic rings. The molecular weight excluding hydrogens is 276 g/mol. The normalized spacial score (nSPS) is 20.5. The number of aliphatic carboxylic acids is 1. The molecule has 1 unspecified atom stereocenters. The molecule has 1 fully saturated rings. The van der Waals surface area contributed by atoms with Gasteiger partial charge in [0.2, 0.25) is 0 Å². The van der Waals surface area contributed by atoms with E-state index in [0.29, 0.717) is 19.5 Å². The molecule has 2 rings (SSSR count). The van der Waals surface area contributed by atoms with E-state index >= 15 is 0 Å². The largest absolute Gasteiger partial charge is 0.481 e. The summed E-state index contributed by atoms with van der Waals surface area (Å²) >= 11 is 1.62. The van der Waals surface area contributed by atoms with E-state index in [1.54, 1.807) is 28.2 Å². The molecule has 0 bridgehead atoms. The van der Waals surface area contributed by atoms with Crippen LogP contribution in [0.3, 0.4) is 0 Å². The van der Waals surface area contributed by atoms with E-state index in [2.05, 4.69) is 0 Å². The number of hydrogen-bond acceptors (Lipinski definition) is 3. The maximum absolute atomic E-state index is 12.5. The summed E-state index contributed by atoms with van der Waals surface area (Å²) in [5.74, 6) is -1.24. The van der Waals surface area contributed by atoms with Crippen molar-refractivity contribution in [2.45, 2.75) is 25.8 Å². The quantitative estimate of drug-likeness (QED) is 0.932. The molecular formula is C14H20N2O3S. The van der Waals surface area contributed by atoms with E-state index in [4.69, 9.17) is 5.11 Å². The van der Waals surface area contributed by atoms with Crippen molar-refractivity contribution in [2.75, 3.05) is 20.1 Å². The van der Waals surface area contributed by atoms with Gasteiger partial charge in [0.15, 0.2) is 0 Å². The second-order valence-corrected chi connectivity index (χ2v) is 6.19. The third kappa shape index (κ3) is 3.12. The Balaban J connectivity index is 2.01. The molecule has 6 heteroatoms. The molecule has 1 aromatic heterocycles. The molecule has 0 radical (unpaired) electrons. The maximum atomic E-state index is 12.5. The van der Waals surface area contributed by atoms with Crippen molar-refractivity contribution in [1.29, 1.82) is 0 Å². The van der Waals surface area contributed by atoms with E-state index in [-0.39, 0.29) is 12.1 Å². The predicted molar refractivity (Wildman–Crippen MR) is 77.8 cm³/mol. The molecule has 20 heavy (non-hydrogen) atoms. The van der Waals surface area contributed by atoms with Gasteiger partial charge in [-0.05, 0) is 31.2 Å². The number of carboxylic acid groups (broad SMARTS) is 1. The van der Waals surface area contributed by atoms with Crippen LogP contribution in [0.1, 0.15) is 30.7 Å². The first kappa shape index (κ1) is 14.8. The first-order valence-electron chi connectivity index (χ1n) is 6.78. The first-order chi connectivity index (χ1) is 9.50. The van der Waals surface area contributed by atoms with Gasteiger partial charge in [-0.15, -0.1) is 11.3 Å². The van der Waals surface area contributed by atoms with Crippen LogP contribution in [0.2, 0.25) is 0 Å². The molecule has 2 heterocycles. The van der Waals surface area contributed by atoms with E-state index in [0.717, 1.165) is 11.3 Å². The van der Waals surface area contributed by atoms with E-state index in [1.165, 1.54) is 0 Å². The second kappa shape index (κ2) is 6.26. The summed E-state index contributed by atoms with van der Waals surface area (Å²) in [7, 11) is 1.77. The summed E-state index contributed by atoms with van der Waals surface area (Å²) in [6.45, 7) is 2.95. The number of hydrogen-bond donors (Lipinski definition) is 1. The summed E-state index contributed by atoms with van der Waals surface area (Å²) in [6.07, 6.45) is 1.41. The number of rotatable bonds is 3. The minimum Gasteiger partial charge on any atom is -0.481 e. The fraction of sp³-hybridized carbons (Fsp3) is 0.571. The summed E-state index contributed by atoms with van der Waals surface area (Å²) in [5.41, 5.74) is 0. The Morgan fingerprint density at radius 3 is 2.90 bits per heavy atom. The molecule has 0 aromatic carbocycles. The molecule has 1 saturated heterocycles. The minimum atomic E-state index is -0.809. The number of amides is 2. The molecule has 0 spiro atoms. The molecule has 0 saturated carbocycles. The number of piperidine rings is 1. The molecule has 110 valence electrons. The smallest absolute Gasteiger partial charge is 0.320 e. The Bertz CT molecular complexity index is 475. The fourth-order valence-electron chi connectivity index (χ4n) is 2.46. The summed E-state index contributed by atoms with van der Waals surface area (Å²) in [5, 5.41) is 11.1. The Hall–Kier alpha value is -1.56. The van der Waals surface area contributed by atoms with Gasteiger partial charge in [-0.3, -0.25) is 4.79 Å². The van der Waals surface area contributed by atoms with Gasteiger partial charge >= 0.3 is 12.0 Å². The van der Waals surface area contributed by atoms with Crippen LogP contribution in [0, 0.1) is 5.92 Å². The van der Waals surface area contributed by atoms with Crippen LogP contribution in [0.25, 0.3) is 0 Å². The van der Waals surface area contributed by atoms with Crippen LogP contribution in [0.15, 0.2) is 17.5 Å². The van der Waals surface area contributed by atoms with Crippen molar-refractivity contribution in [1.82, 2.24) is 9.80 Å². The zero-order chi connectivity index (χ0) is 14.7. The van der Waals surface area contributed by atoms with Crippen LogP contribution < -0.4 is 0 Å². The monoisotopic (exact) mass is 296 g/mol. The van der Waals surface area contributed by atoms with Gasteiger partial charge in [-0.1, -0.05) is 6.07 Å². The lowest BCUT2D eigenvalue weighted by molar-refractivity contribution is -0.143. The minimum absolute atomic E-state index is 0.00713. The van der Waals surface area contributed by atoms with Crippen molar-refractivity contribution in [3.63, 3.8) is 0 Å². The van der Waals surface area contributed by atoms with E-state index in [9.17, 15) is 9.59 Å². The Morgan fingerprint density at radius 2 is 2.30 bits per heavy atom. The van der Waals surface area contributed by atoms with Gasteiger partial charge in [0.25, 0.3) is 0 Å². The van der Waals surface area contributed by atoms with Crippen LogP contribution in [-0.2, 0) is 4.79 Å². The number of carbonyl (C=O) groups is 2. The number of carbonyl (C=O) groups excluding carboxylic acids is 1. The van der Waals surface area contributed by atoms with Gasteiger partial charge < -0.3 is 14.9 Å². The topological polar surface area (TPSA) is 60.9 Å². The third-order valence-corrected chi connectivity index (χ3v) is 4.92. The van der Waals surface area contributed by atoms with Crippen molar-refractivity contribution >= 4 is 23.3 Å². The zero-order valence-corrected chi connectivity index (χ0v) is 12.6. The lowest BCUT2D eigenvalue weighted by Gasteiger charge is -2.35. The van der Waals surface area contributed by atoms with Gasteiger partial charge in [0.05, 0.1) is 12.0 Å². The SMILES string of the molecule is CC(c1cccs1)N(C)C(=O)N1CCC[C@@H](C(=O)O)C1. The standard InChI is InChI=1S/C14H20N2O3S/c1-10(12-6-4-8-20-12)15(2)14(19)16-7-3-5-11(9-16)13(17)18/h4,6,8,10-11H,3,5,7,9H2,1-2H3,(H,17,18)/t10?,11-/m1/s1. The van der Waals surface area contributed by atoms with Crippen molar-refractivity contribution in [3.05, 3.63) is 22.4 Å². The van der Waals surface area contributed by atoms with Gasteiger partial charge in [-0.2, -0.15) is 0 Å². The maximum Gasteiger partial charge on any atom is 0.320 e. The number of likely N-dealkylation sites (tertiary alicyclic amines) is 1. The van der Waals surface area contributed by atoms with Crippen LogP contribution in [0.5, 0.6) is 0 Å². The van der Waals surface area contributed by atoms with Gasteiger partial charge in [0.1, 0.15) is 0 Å². The molecule has 2 amide bonds. The van der Waals surface area contributed by atoms with E-state index < -0.39 is 11.9 Å². The first-order valence-corrected chi connectivity index (χ1v) is 7.66. The zero-order valence-electron chi connectivity index (χ0n) is 11.8. The molecule has 0 aliphatic carbocycles. The molecule has 2 atom stereocenters. The Kier molecular flexibility index (Phi) is 4.65. The lowest BCUT2D eigenvalue weighted by Crippen LogP contribution is -2.48. The van der Waals surface area contributed by atoms with Crippen LogP contribution >= 0.6 is 11.3 Å².